The Bertz CT molecular complexity index is 240. The molecular formula is C10H14O2. The van der Waals surface area contributed by atoms with E-state index in [9.17, 15) is 4.79 Å². The van der Waals surface area contributed by atoms with Gasteiger partial charge in [-0.2, -0.15) is 0 Å². The fraction of sp³-hybridized carbons (Fsp3) is 0.500. The second-order valence-corrected chi connectivity index (χ2v) is 3.23. The molecule has 2 nitrogen and oxygen atoms in total. The Balaban J connectivity index is 2.89. The highest BCUT2D eigenvalue weighted by Crippen LogP contribution is 2.27. The number of hydrogen-bond donors (Lipinski definition) is 0. The molecule has 0 bridgehead atoms. The summed E-state index contributed by atoms with van der Waals surface area (Å²) in [6.45, 7) is 3.96. The van der Waals surface area contributed by atoms with E-state index in [4.69, 9.17) is 4.74 Å². The summed E-state index contributed by atoms with van der Waals surface area (Å²) < 4.78 is 5.31. The summed E-state index contributed by atoms with van der Waals surface area (Å²) in [4.78, 5) is 10.5. The van der Waals surface area contributed by atoms with Gasteiger partial charge in [-0.3, -0.25) is 0 Å². The van der Waals surface area contributed by atoms with E-state index < -0.39 is 0 Å². The lowest BCUT2D eigenvalue weighted by Gasteiger charge is -2.29. The summed E-state index contributed by atoms with van der Waals surface area (Å²) in [5.41, 5.74) is 0.768. The van der Waals surface area contributed by atoms with Crippen LogP contribution in [0.1, 0.15) is 13.8 Å². The van der Waals surface area contributed by atoms with Gasteiger partial charge in [0.25, 0.3) is 0 Å². The first-order valence-corrected chi connectivity index (χ1v) is 4.01. The van der Waals surface area contributed by atoms with Gasteiger partial charge in [-0.25, -0.2) is 0 Å². The van der Waals surface area contributed by atoms with Crippen LogP contribution in [0.5, 0.6) is 0 Å². The molecule has 0 aromatic heterocycles. The summed E-state index contributed by atoms with van der Waals surface area (Å²) in [6.07, 6.45) is 6.65. The summed E-state index contributed by atoms with van der Waals surface area (Å²) in [7, 11) is 1.67. The van der Waals surface area contributed by atoms with Crippen LogP contribution in [0.2, 0.25) is 0 Å². The number of ether oxygens (including phenoxy) is 1. The van der Waals surface area contributed by atoms with Gasteiger partial charge in [-0.15, -0.1) is 0 Å². The van der Waals surface area contributed by atoms with Gasteiger partial charge in [-0.05, 0) is 19.4 Å². The van der Waals surface area contributed by atoms with Gasteiger partial charge in [0.05, 0.1) is 5.92 Å². The molecule has 0 N–H and O–H groups in total. The van der Waals surface area contributed by atoms with Crippen molar-refractivity contribution in [3.05, 3.63) is 23.8 Å². The molecule has 66 valence electrons. The normalized spacial score (nSPS) is 34.6. The van der Waals surface area contributed by atoms with E-state index in [1.165, 1.54) is 0 Å². The van der Waals surface area contributed by atoms with E-state index in [0.29, 0.717) is 0 Å². The first kappa shape index (κ1) is 9.20. The fourth-order valence-electron chi connectivity index (χ4n) is 1.25. The third-order valence-corrected chi connectivity index (χ3v) is 2.44. The molecule has 0 aliphatic heterocycles. The predicted molar refractivity (Wildman–Crippen MR) is 47.9 cm³/mol. The second-order valence-electron chi connectivity index (χ2n) is 3.23. The molecule has 0 aromatic carbocycles. The maximum Gasteiger partial charge on any atom is 0.130 e. The van der Waals surface area contributed by atoms with E-state index >= 15 is 0 Å². The smallest absolute Gasteiger partial charge is 0.130 e. The van der Waals surface area contributed by atoms with Crippen LogP contribution >= 0.6 is 0 Å². The Kier molecular flexibility index (Phi) is 2.48. The van der Waals surface area contributed by atoms with Crippen molar-refractivity contribution in [3.8, 4) is 0 Å². The van der Waals surface area contributed by atoms with E-state index in [-0.39, 0.29) is 11.5 Å². The Morgan fingerprint density at radius 3 is 2.75 bits per heavy atom. The molecule has 0 fully saturated rings. The molecular weight excluding hydrogens is 152 g/mol. The third kappa shape index (κ3) is 1.48. The van der Waals surface area contributed by atoms with E-state index in [1.54, 1.807) is 7.11 Å². The average Bonchev–Trinajstić information content (AvgIpc) is 2.10. The summed E-state index contributed by atoms with van der Waals surface area (Å²) in [5.74, 6) is -0.0757. The van der Waals surface area contributed by atoms with Crippen LogP contribution in [0.15, 0.2) is 23.8 Å². The number of methoxy groups -OCH3 is 1. The monoisotopic (exact) mass is 166 g/mol. The summed E-state index contributed by atoms with van der Waals surface area (Å²) >= 11 is 0. The van der Waals surface area contributed by atoms with Crippen LogP contribution in [0.3, 0.4) is 0 Å². The molecule has 0 aromatic rings. The third-order valence-electron chi connectivity index (χ3n) is 2.44. The Morgan fingerprint density at radius 2 is 2.33 bits per heavy atom. The molecule has 0 heterocycles. The molecule has 2 unspecified atom stereocenters. The Morgan fingerprint density at radius 1 is 1.67 bits per heavy atom. The maximum absolute atomic E-state index is 10.5. The molecule has 0 radical (unpaired) electrons. The lowest BCUT2D eigenvalue weighted by Crippen LogP contribution is -2.29. The SMILES string of the molecule is COC1(C)C=CC(C=O)C=C1C. The Hall–Kier alpha value is -0.890. The molecule has 0 saturated carbocycles. The van der Waals surface area contributed by atoms with Crippen molar-refractivity contribution in [1.82, 2.24) is 0 Å². The van der Waals surface area contributed by atoms with Gasteiger partial charge in [0.2, 0.25) is 0 Å². The molecule has 0 spiro atoms. The van der Waals surface area contributed by atoms with E-state index in [1.807, 2.05) is 32.1 Å². The van der Waals surface area contributed by atoms with Gasteiger partial charge < -0.3 is 9.53 Å². The van der Waals surface area contributed by atoms with Crippen LogP contribution < -0.4 is 0 Å². The lowest BCUT2D eigenvalue weighted by molar-refractivity contribution is -0.109. The molecule has 1 aliphatic rings. The van der Waals surface area contributed by atoms with E-state index in [2.05, 4.69) is 0 Å². The van der Waals surface area contributed by atoms with Crippen molar-refractivity contribution in [2.75, 3.05) is 7.11 Å². The van der Waals surface area contributed by atoms with Crippen molar-refractivity contribution < 1.29 is 9.53 Å². The van der Waals surface area contributed by atoms with E-state index in [0.717, 1.165) is 11.9 Å². The summed E-state index contributed by atoms with van der Waals surface area (Å²) in [5, 5.41) is 0. The highest BCUT2D eigenvalue weighted by Gasteiger charge is 2.26. The minimum Gasteiger partial charge on any atom is -0.370 e. The first-order chi connectivity index (χ1) is 5.62. The van der Waals surface area contributed by atoms with Crippen molar-refractivity contribution in [2.24, 2.45) is 5.92 Å². The fourth-order valence-corrected chi connectivity index (χ4v) is 1.25. The van der Waals surface area contributed by atoms with Crippen molar-refractivity contribution >= 4 is 6.29 Å². The molecule has 1 aliphatic carbocycles. The number of aldehydes is 1. The molecule has 2 atom stereocenters. The van der Waals surface area contributed by atoms with Crippen molar-refractivity contribution in [3.63, 3.8) is 0 Å². The van der Waals surface area contributed by atoms with Crippen LogP contribution in [-0.4, -0.2) is 19.0 Å². The van der Waals surface area contributed by atoms with Gasteiger partial charge in [-0.1, -0.05) is 18.2 Å². The number of allylic oxidation sites excluding steroid dienone is 2. The zero-order chi connectivity index (χ0) is 9.19. The van der Waals surface area contributed by atoms with Crippen LogP contribution in [-0.2, 0) is 9.53 Å². The number of hydrogen-bond acceptors (Lipinski definition) is 2. The molecule has 0 saturated heterocycles. The zero-order valence-electron chi connectivity index (χ0n) is 7.70. The minimum atomic E-state index is -0.320. The highest BCUT2D eigenvalue weighted by atomic mass is 16.5. The van der Waals surface area contributed by atoms with Crippen molar-refractivity contribution in [2.45, 2.75) is 19.4 Å². The molecule has 1 rings (SSSR count). The average molecular weight is 166 g/mol. The van der Waals surface area contributed by atoms with Crippen molar-refractivity contribution in [1.29, 1.82) is 0 Å². The quantitative estimate of drug-likeness (QED) is 0.461. The second kappa shape index (κ2) is 3.23. The highest BCUT2D eigenvalue weighted by molar-refractivity contribution is 5.61. The topological polar surface area (TPSA) is 26.3 Å². The van der Waals surface area contributed by atoms with Crippen LogP contribution in [0, 0.1) is 5.92 Å². The largest absolute Gasteiger partial charge is 0.370 e. The Labute approximate surface area is 72.9 Å². The lowest BCUT2D eigenvalue weighted by atomic mass is 9.87. The molecule has 12 heavy (non-hydrogen) atoms. The van der Waals surface area contributed by atoms with Crippen LogP contribution in [0.4, 0.5) is 0 Å². The predicted octanol–water partition coefficient (Wildman–Crippen LogP) is 1.72. The maximum atomic E-state index is 10.5. The first-order valence-electron chi connectivity index (χ1n) is 4.01. The standard InChI is InChI=1S/C10H14O2/c1-8-6-9(7-11)4-5-10(8,2)12-3/h4-7,9H,1-3H3. The molecule has 0 amide bonds. The van der Waals surface area contributed by atoms with Crippen LogP contribution in [0.25, 0.3) is 0 Å². The number of carbonyl (C=O) groups is 1. The van der Waals surface area contributed by atoms with Gasteiger partial charge in [0, 0.05) is 7.11 Å². The summed E-state index contributed by atoms with van der Waals surface area (Å²) in [6, 6.07) is 0. The molecule has 2 heteroatoms. The van der Waals surface area contributed by atoms with Gasteiger partial charge in [0.15, 0.2) is 0 Å². The minimum absolute atomic E-state index is 0.0757. The number of carbonyl (C=O) groups excluding carboxylic acids is 1. The van der Waals surface area contributed by atoms with Gasteiger partial charge in [0.1, 0.15) is 11.9 Å². The number of rotatable bonds is 2. The zero-order valence-corrected chi connectivity index (χ0v) is 7.70. The van der Waals surface area contributed by atoms with Gasteiger partial charge >= 0.3 is 0 Å².